The molecule has 154 valence electrons. The molecule has 0 aromatic heterocycles. The van der Waals surface area contributed by atoms with E-state index < -0.39 is 5.97 Å². The number of carbonyl (C=O) groups is 2. The van der Waals surface area contributed by atoms with E-state index in [0.29, 0.717) is 17.4 Å². The van der Waals surface area contributed by atoms with Gasteiger partial charge in [-0.1, -0.05) is 71.1 Å². The van der Waals surface area contributed by atoms with Crippen molar-refractivity contribution in [3.63, 3.8) is 0 Å². The molecule has 5 nitrogen and oxygen atoms in total. The molecule has 0 saturated heterocycles. The van der Waals surface area contributed by atoms with Gasteiger partial charge in [-0.25, -0.2) is 0 Å². The Hall–Kier alpha value is -1.10. The van der Waals surface area contributed by atoms with Crippen LogP contribution in [0.4, 0.5) is 0 Å². The molecule has 26 heavy (non-hydrogen) atoms. The van der Waals surface area contributed by atoms with Crippen molar-refractivity contribution in [1.82, 2.24) is 5.32 Å². The summed E-state index contributed by atoms with van der Waals surface area (Å²) < 4.78 is 0.636. The number of rotatable bonds is 17. The molecule has 1 amide bonds. The molecule has 0 aliphatic heterocycles. The summed E-state index contributed by atoms with van der Waals surface area (Å²) in [6.45, 7) is 2.87. The number of nitrogens with one attached hydrogen (secondary N) is 1. The molecule has 0 aromatic carbocycles. The van der Waals surface area contributed by atoms with E-state index in [2.05, 4.69) is 12.2 Å². The van der Waals surface area contributed by atoms with Crippen molar-refractivity contribution in [2.45, 2.75) is 96.4 Å². The van der Waals surface area contributed by atoms with Gasteiger partial charge < -0.3 is 14.9 Å². The summed E-state index contributed by atoms with van der Waals surface area (Å²) in [4.78, 5) is 23.0. The lowest BCUT2D eigenvalue weighted by Crippen LogP contribution is -2.49. The van der Waals surface area contributed by atoms with Crippen molar-refractivity contribution >= 4 is 11.9 Å². The lowest BCUT2D eigenvalue weighted by molar-refractivity contribution is -0.871. The molecule has 5 heteroatoms. The topological polar surface area (TPSA) is 66.4 Å². The number of aliphatic carboxylic acids is 1. The molecule has 0 radical (unpaired) electrons. The zero-order valence-corrected chi connectivity index (χ0v) is 17.7. The average Bonchev–Trinajstić information content (AvgIpc) is 2.50. The number of carbonyl (C=O) groups excluding carboxylic acids is 1. The smallest absolute Gasteiger partial charge is 0.305 e. The van der Waals surface area contributed by atoms with E-state index in [1.54, 1.807) is 0 Å². The molecule has 0 rings (SSSR count). The van der Waals surface area contributed by atoms with Gasteiger partial charge in [0.1, 0.15) is 0 Å². The first kappa shape index (κ1) is 24.9. The first-order chi connectivity index (χ1) is 12.2. The number of hydrogen-bond donors (Lipinski definition) is 2. The monoisotopic (exact) mass is 371 g/mol. The van der Waals surface area contributed by atoms with Gasteiger partial charge in [0.2, 0.25) is 5.91 Å². The number of likely N-dealkylation sites (N-methyl/N-ethyl adjacent to an activating group) is 1. The van der Waals surface area contributed by atoms with E-state index in [-0.39, 0.29) is 18.4 Å². The van der Waals surface area contributed by atoms with E-state index in [0.717, 1.165) is 12.8 Å². The predicted octanol–water partition coefficient (Wildman–Crippen LogP) is 4.35. The maximum Gasteiger partial charge on any atom is 0.305 e. The van der Waals surface area contributed by atoms with Crippen LogP contribution in [0.15, 0.2) is 0 Å². The first-order valence-corrected chi connectivity index (χ1v) is 10.6. The van der Waals surface area contributed by atoms with Crippen LogP contribution in [0.2, 0.25) is 0 Å². The maximum atomic E-state index is 12.1. The highest BCUT2D eigenvalue weighted by Crippen LogP contribution is 2.12. The minimum Gasteiger partial charge on any atom is -0.481 e. The maximum absolute atomic E-state index is 12.1. The summed E-state index contributed by atoms with van der Waals surface area (Å²) in [6.07, 6.45) is 14.4. The van der Waals surface area contributed by atoms with E-state index >= 15 is 0 Å². The lowest BCUT2D eigenvalue weighted by Gasteiger charge is -2.29. The van der Waals surface area contributed by atoms with Gasteiger partial charge in [-0.2, -0.15) is 0 Å². The molecule has 1 atom stereocenters. The van der Waals surface area contributed by atoms with Crippen LogP contribution >= 0.6 is 0 Å². The molecule has 0 bridgehead atoms. The Kier molecular flexibility index (Phi) is 14.4. The fourth-order valence-corrected chi connectivity index (χ4v) is 3.28. The molecule has 0 fully saturated rings. The standard InChI is InChI=1S/C21H42N2O3/c1-5-6-7-8-9-10-11-12-13-14-15-16-20(24)22-19(17-21(25)26)18-23(2,3)4/h19H,5-18H2,1-4H3,(H-,22,24,25,26)/p+1/t19-/m1/s1. The Balaban J connectivity index is 3.72. The molecule has 0 heterocycles. The highest BCUT2D eigenvalue weighted by Gasteiger charge is 2.22. The molecule has 0 aliphatic rings. The molecular weight excluding hydrogens is 328 g/mol. The van der Waals surface area contributed by atoms with Crippen LogP contribution in [0, 0.1) is 0 Å². The number of unbranched alkanes of at least 4 members (excludes halogenated alkanes) is 10. The zero-order valence-electron chi connectivity index (χ0n) is 17.7. The molecule has 0 spiro atoms. The van der Waals surface area contributed by atoms with Gasteiger partial charge in [0.25, 0.3) is 0 Å². The van der Waals surface area contributed by atoms with Crippen molar-refractivity contribution < 1.29 is 19.2 Å². The predicted molar refractivity (Wildman–Crippen MR) is 108 cm³/mol. The average molecular weight is 372 g/mol. The second-order valence-electron chi connectivity index (χ2n) is 8.62. The number of carboxylic acid groups (broad SMARTS) is 1. The van der Waals surface area contributed by atoms with Crippen molar-refractivity contribution in [2.24, 2.45) is 0 Å². The van der Waals surface area contributed by atoms with Crippen LogP contribution in [-0.2, 0) is 9.59 Å². The molecule has 0 aromatic rings. The van der Waals surface area contributed by atoms with E-state index in [1.165, 1.54) is 57.8 Å². The van der Waals surface area contributed by atoms with Gasteiger partial charge in [0.05, 0.1) is 40.2 Å². The summed E-state index contributed by atoms with van der Waals surface area (Å²) in [5, 5.41) is 11.9. The van der Waals surface area contributed by atoms with Gasteiger partial charge >= 0.3 is 5.97 Å². The number of amides is 1. The third kappa shape index (κ3) is 17.7. The second kappa shape index (κ2) is 15.0. The minimum absolute atomic E-state index is 0.0133. The SMILES string of the molecule is CCCCCCCCCCCCCC(=O)N[C@H](CC(=O)O)C[N+](C)(C)C. The lowest BCUT2D eigenvalue weighted by atomic mass is 10.1. The largest absolute Gasteiger partial charge is 0.481 e. The van der Waals surface area contributed by atoms with Crippen molar-refractivity contribution in [3.05, 3.63) is 0 Å². The highest BCUT2D eigenvalue weighted by atomic mass is 16.4. The van der Waals surface area contributed by atoms with Crippen LogP contribution in [0.1, 0.15) is 90.4 Å². The number of quaternary nitrogens is 1. The van der Waals surface area contributed by atoms with Gasteiger partial charge in [0, 0.05) is 6.42 Å². The minimum atomic E-state index is -0.863. The Morgan fingerprint density at radius 2 is 1.31 bits per heavy atom. The van der Waals surface area contributed by atoms with E-state index in [1.807, 2.05) is 21.1 Å². The molecule has 0 aliphatic carbocycles. The van der Waals surface area contributed by atoms with Gasteiger partial charge in [-0.15, -0.1) is 0 Å². The summed E-state index contributed by atoms with van der Waals surface area (Å²) in [7, 11) is 6.01. The number of hydrogen-bond acceptors (Lipinski definition) is 2. The zero-order chi connectivity index (χ0) is 19.8. The Labute approximate surface area is 161 Å². The van der Waals surface area contributed by atoms with Crippen LogP contribution in [0.3, 0.4) is 0 Å². The Morgan fingerprint density at radius 3 is 1.73 bits per heavy atom. The van der Waals surface area contributed by atoms with Crippen LogP contribution in [-0.4, -0.2) is 55.2 Å². The Morgan fingerprint density at radius 1 is 0.846 bits per heavy atom. The quantitative estimate of drug-likeness (QED) is 0.295. The van der Waals surface area contributed by atoms with Gasteiger partial charge in [-0.05, 0) is 6.42 Å². The third-order valence-electron chi connectivity index (χ3n) is 4.56. The fraction of sp³-hybridized carbons (Fsp3) is 0.905. The first-order valence-electron chi connectivity index (χ1n) is 10.6. The second-order valence-corrected chi connectivity index (χ2v) is 8.62. The summed E-state index contributed by atoms with van der Waals surface area (Å²) >= 11 is 0. The Bertz CT molecular complexity index is 378. The number of nitrogens with zero attached hydrogens (tertiary/aromatic N) is 1. The normalized spacial score (nSPS) is 12.8. The molecule has 0 unspecified atom stereocenters. The third-order valence-corrected chi connectivity index (χ3v) is 4.56. The van der Waals surface area contributed by atoms with Crippen molar-refractivity contribution in [1.29, 1.82) is 0 Å². The summed E-state index contributed by atoms with van der Waals surface area (Å²) in [5.74, 6) is -0.876. The van der Waals surface area contributed by atoms with Gasteiger partial charge in [0.15, 0.2) is 0 Å². The molecule has 2 N–H and O–H groups in total. The number of carboxylic acids is 1. The van der Waals surface area contributed by atoms with Crippen LogP contribution in [0.25, 0.3) is 0 Å². The van der Waals surface area contributed by atoms with Crippen LogP contribution < -0.4 is 5.32 Å². The summed E-state index contributed by atoms with van der Waals surface area (Å²) in [6, 6.07) is -0.298. The highest BCUT2D eigenvalue weighted by molar-refractivity contribution is 5.77. The van der Waals surface area contributed by atoms with Crippen molar-refractivity contribution in [2.75, 3.05) is 27.7 Å². The van der Waals surface area contributed by atoms with Crippen LogP contribution in [0.5, 0.6) is 0 Å². The van der Waals surface area contributed by atoms with Gasteiger partial charge in [-0.3, -0.25) is 9.59 Å². The van der Waals surface area contributed by atoms with E-state index in [9.17, 15) is 9.59 Å². The summed E-state index contributed by atoms with van der Waals surface area (Å²) in [5.41, 5.74) is 0. The molecular formula is C21H43N2O3+. The van der Waals surface area contributed by atoms with E-state index in [4.69, 9.17) is 5.11 Å². The fourth-order valence-electron chi connectivity index (χ4n) is 3.28. The van der Waals surface area contributed by atoms with Crippen molar-refractivity contribution in [3.8, 4) is 0 Å². The molecule has 0 saturated carbocycles.